The Kier molecular flexibility index (Phi) is 7.84. The van der Waals surface area contributed by atoms with Crippen LogP contribution in [0.3, 0.4) is 0 Å². The van der Waals surface area contributed by atoms with E-state index in [9.17, 15) is 0 Å². The first-order chi connectivity index (χ1) is 16.9. The molecule has 0 aromatic carbocycles. The van der Waals surface area contributed by atoms with Crippen LogP contribution in [0.2, 0.25) is 0 Å². The first-order valence-corrected chi connectivity index (χ1v) is 16.2. The number of aliphatic imine (C=N–C) groups is 1. The van der Waals surface area contributed by atoms with Crippen molar-refractivity contribution in [2.75, 3.05) is 0 Å². The fraction of sp³-hybridized carbons (Fsp3) is 0.909. The van der Waals surface area contributed by atoms with Crippen LogP contribution in [0.4, 0.5) is 0 Å². The Morgan fingerprint density at radius 2 is 0.941 bits per heavy atom. The summed E-state index contributed by atoms with van der Waals surface area (Å²) < 4.78 is 0. The fourth-order valence-corrected chi connectivity index (χ4v) is 10.1. The normalized spacial score (nSPS) is 42.1. The van der Waals surface area contributed by atoms with Crippen molar-refractivity contribution in [2.45, 2.75) is 148 Å². The van der Waals surface area contributed by atoms with Crippen LogP contribution in [0, 0.1) is 41.4 Å². The van der Waals surface area contributed by atoms with Crippen LogP contribution >= 0.6 is 0 Å². The molecular formula is C33H53N. The van der Waals surface area contributed by atoms with E-state index in [1.54, 1.807) is 17.8 Å². The van der Waals surface area contributed by atoms with Crippen molar-refractivity contribution in [3.05, 3.63) is 11.3 Å². The third-order valence-electron chi connectivity index (χ3n) is 11.6. The predicted octanol–water partition coefficient (Wildman–Crippen LogP) is 10.0. The largest absolute Gasteiger partial charge is 0.262 e. The molecule has 6 rings (SSSR count). The Hall–Kier alpha value is -0.590. The summed E-state index contributed by atoms with van der Waals surface area (Å²) in [5.74, 6) is 6.33. The molecule has 0 N–H and O–H groups in total. The topological polar surface area (TPSA) is 12.4 Å². The average Bonchev–Trinajstić information content (AvgIpc) is 2.90. The van der Waals surface area contributed by atoms with Gasteiger partial charge < -0.3 is 0 Å². The summed E-state index contributed by atoms with van der Waals surface area (Å²) in [6, 6.07) is 0. The fourth-order valence-electron chi connectivity index (χ4n) is 10.1. The van der Waals surface area contributed by atoms with E-state index < -0.39 is 0 Å². The zero-order chi connectivity index (χ0) is 22.7. The van der Waals surface area contributed by atoms with Crippen LogP contribution in [0.25, 0.3) is 0 Å². The maximum absolute atomic E-state index is 5.90. The number of fused-ring (bicyclic) bond motifs is 6. The van der Waals surface area contributed by atoms with Crippen molar-refractivity contribution >= 4 is 5.71 Å². The summed E-state index contributed by atoms with van der Waals surface area (Å²) in [4.78, 5) is 5.90. The van der Waals surface area contributed by atoms with Crippen LogP contribution in [0.15, 0.2) is 16.3 Å². The first kappa shape index (κ1) is 23.8. The molecule has 5 aliphatic carbocycles. The standard InChI is InChI=1S/C33H53N/c1-3-9-18-25-26-19-10-4-2-6-12-21-28(26)33-32(27(25)20-11-5-1)29-22-15-14-17-24-16-8-7-13-23-30(34-33)31(24)29/h24-29,31H,1-23H2. The summed E-state index contributed by atoms with van der Waals surface area (Å²) in [5, 5.41) is 0. The smallest absolute Gasteiger partial charge is 0.0434 e. The molecule has 4 saturated carbocycles. The van der Waals surface area contributed by atoms with Gasteiger partial charge in [0.2, 0.25) is 0 Å². The highest BCUT2D eigenvalue weighted by Crippen LogP contribution is 2.58. The van der Waals surface area contributed by atoms with Gasteiger partial charge in [0.15, 0.2) is 0 Å². The number of hydrogen-bond donors (Lipinski definition) is 0. The van der Waals surface area contributed by atoms with Crippen LogP contribution in [0.1, 0.15) is 148 Å². The first-order valence-electron chi connectivity index (χ1n) is 16.2. The molecule has 7 atom stereocenters. The van der Waals surface area contributed by atoms with E-state index in [1.165, 1.54) is 141 Å². The van der Waals surface area contributed by atoms with Crippen molar-refractivity contribution in [1.82, 2.24) is 0 Å². The monoisotopic (exact) mass is 463 g/mol. The summed E-state index contributed by atoms with van der Waals surface area (Å²) in [6.45, 7) is 0. The minimum atomic E-state index is 0.815. The number of nitrogens with zero attached hydrogens (tertiary/aromatic N) is 1. The molecule has 34 heavy (non-hydrogen) atoms. The molecule has 1 nitrogen and oxygen atoms in total. The van der Waals surface area contributed by atoms with E-state index in [4.69, 9.17) is 4.99 Å². The minimum absolute atomic E-state index is 0.815. The molecule has 0 aromatic rings. The molecule has 6 aliphatic rings. The molecule has 0 radical (unpaired) electrons. The molecule has 0 bridgehead atoms. The Morgan fingerprint density at radius 3 is 1.71 bits per heavy atom. The highest BCUT2D eigenvalue weighted by molar-refractivity contribution is 5.90. The van der Waals surface area contributed by atoms with Gasteiger partial charge in [-0.3, -0.25) is 4.99 Å². The van der Waals surface area contributed by atoms with Gasteiger partial charge in [-0.25, -0.2) is 0 Å². The van der Waals surface area contributed by atoms with Gasteiger partial charge >= 0.3 is 0 Å². The lowest BCUT2D eigenvalue weighted by atomic mass is 9.55. The lowest BCUT2D eigenvalue weighted by Crippen LogP contribution is -2.45. The molecule has 0 spiro atoms. The third kappa shape index (κ3) is 4.72. The average molecular weight is 464 g/mol. The summed E-state index contributed by atoms with van der Waals surface area (Å²) in [5.41, 5.74) is 5.47. The Labute approximate surface area is 211 Å². The molecule has 0 aromatic heterocycles. The van der Waals surface area contributed by atoms with Gasteiger partial charge in [-0.05, 0) is 93.0 Å². The summed E-state index contributed by atoms with van der Waals surface area (Å²) in [7, 11) is 0. The zero-order valence-corrected chi connectivity index (χ0v) is 22.3. The minimum Gasteiger partial charge on any atom is -0.262 e. The van der Waals surface area contributed by atoms with Crippen LogP contribution in [0.5, 0.6) is 0 Å². The maximum Gasteiger partial charge on any atom is 0.0434 e. The zero-order valence-electron chi connectivity index (χ0n) is 22.3. The predicted molar refractivity (Wildman–Crippen MR) is 145 cm³/mol. The second-order valence-electron chi connectivity index (χ2n) is 13.5. The lowest BCUT2D eigenvalue weighted by Gasteiger charge is -2.51. The second kappa shape index (κ2) is 11.2. The molecule has 4 fully saturated rings. The highest BCUT2D eigenvalue weighted by Gasteiger charge is 2.50. The maximum atomic E-state index is 5.90. The van der Waals surface area contributed by atoms with Crippen molar-refractivity contribution in [3.8, 4) is 0 Å². The highest BCUT2D eigenvalue weighted by atomic mass is 14.8. The summed E-state index contributed by atoms with van der Waals surface area (Å²) in [6.07, 6.45) is 34.1. The van der Waals surface area contributed by atoms with Crippen LogP contribution < -0.4 is 0 Å². The number of rotatable bonds is 0. The SMILES string of the molecule is C1CCCC2C3=C(C4CCCCCCCC4C2CCC1)C1CCCCC2CCCCCC(=N3)C21. The third-order valence-corrected chi connectivity index (χ3v) is 11.6. The van der Waals surface area contributed by atoms with E-state index >= 15 is 0 Å². The molecule has 1 aliphatic heterocycles. The van der Waals surface area contributed by atoms with Gasteiger partial charge in [-0.2, -0.15) is 0 Å². The van der Waals surface area contributed by atoms with Crippen molar-refractivity contribution < 1.29 is 0 Å². The van der Waals surface area contributed by atoms with E-state index in [1.807, 2.05) is 5.57 Å². The molecule has 1 heterocycles. The van der Waals surface area contributed by atoms with E-state index in [-0.39, 0.29) is 0 Å². The number of allylic oxidation sites excluding steroid dienone is 2. The Balaban J connectivity index is 1.46. The van der Waals surface area contributed by atoms with Gasteiger partial charge in [0.1, 0.15) is 0 Å². The Morgan fingerprint density at radius 1 is 0.441 bits per heavy atom. The van der Waals surface area contributed by atoms with Gasteiger partial charge in [0, 0.05) is 23.2 Å². The molecule has 0 amide bonds. The van der Waals surface area contributed by atoms with Crippen molar-refractivity contribution in [2.24, 2.45) is 46.4 Å². The van der Waals surface area contributed by atoms with E-state index in [0.29, 0.717) is 0 Å². The van der Waals surface area contributed by atoms with Gasteiger partial charge in [-0.15, -0.1) is 0 Å². The Bertz CT molecular complexity index is 746. The van der Waals surface area contributed by atoms with Crippen molar-refractivity contribution in [1.29, 1.82) is 0 Å². The van der Waals surface area contributed by atoms with Gasteiger partial charge in [-0.1, -0.05) is 89.9 Å². The molecule has 7 unspecified atom stereocenters. The lowest BCUT2D eigenvalue weighted by molar-refractivity contribution is 0.114. The molecular weight excluding hydrogens is 410 g/mol. The molecule has 0 saturated heterocycles. The van der Waals surface area contributed by atoms with Crippen molar-refractivity contribution in [3.63, 3.8) is 0 Å². The molecule has 1 heteroatoms. The van der Waals surface area contributed by atoms with E-state index in [2.05, 4.69) is 0 Å². The quantitative estimate of drug-likeness (QED) is 0.339. The van der Waals surface area contributed by atoms with Crippen LogP contribution in [-0.4, -0.2) is 5.71 Å². The van der Waals surface area contributed by atoms with Gasteiger partial charge in [0.25, 0.3) is 0 Å². The van der Waals surface area contributed by atoms with Crippen LogP contribution in [-0.2, 0) is 0 Å². The number of hydrogen-bond acceptors (Lipinski definition) is 1. The molecule has 190 valence electrons. The second-order valence-corrected chi connectivity index (χ2v) is 13.5. The van der Waals surface area contributed by atoms with E-state index in [0.717, 1.165) is 41.4 Å². The summed E-state index contributed by atoms with van der Waals surface area (Å²) >= 11 is 0. The van der Waals surface area contributed by atoms with Gasteiger partial charge in [0.05, 0.1) is 0 Å².